The summed E-state index contributed by atoms with van der Waals surface area (Å²) in [7, 11) is 1.56. The van der Waals surface area contributed by atoms with Crippen molar-refractivity contribution < 1.29 is 18.7 Å². The lowest BCUT2D eigenvalue weighted by Gasteiger charge is -2.11. The second kappa shape index (κ2) is 9.32. The number of ether oxygens (including phenoxy) is 1. The van der Waals surface area contributed by atoms with Gasteiger partial charge in [0.25, 0.3) is 11.8 Å². The molecule has 0 aliphatic rings. The van der Waals surface area contributed by atoms with Gasteiger partial charge in [0.15, 0.2) is 0 Å². The molecule has 0 atom stereocenters. The molecule has 0 saturated carbocycles. The Kier molecular flexibility index (Phi) is 6.37. The molecule has 146 valence electrons. The molecule has 3 aromatic carbocycles. The van der Waals surface area contributed by atoms with E-state index in [4.69, 9.17) is 4.74 Å². The standard InChI is InChI=1S/C23H19FN2O3/c1-29-20-13-7-16(8-14-20)15-21(26-22(27)17-5-3-2-4-6-17)23(28)25-19-11-9-18(24)10-12-19/h2-15H,1H3,(H,25,28)(H,26,27)/b21-15-. The third kappa shape index (κ3) is 5.52. The van der Waals surface area contributed by atoms with Crippen LogP contribution in [0.15, 0.2) is 84.6 Å². The topological polar surface area (TPSA) is 67.4 Å². The summed E-state index contributed by atoms with van der Waals surface area (Å²) in [6.45, 7) is 0. The van der Waals surface area contributed by atoms with Crippen molar-refractivity contribution in [3.8, 4) is 5.75 Å². The average molecular weight is 390 g/mol. The van der Waals surface area contributed by atoms with Crippen LogP contribution in [-0.2, 0) is 4.79 Å². The first-order valence-corrected chi connectivity index (χ1v) is 8.84. The van der Waals surface area contributed by atoms with E-state index in [-0.39, 0.29) is 5.70 Å². The molecule has 3 aromatic rings. The molecule has 29 heavy (non-hydrogen) atoms. The van der Waals surface area contributed by atoms with Crippen LogP contribution in [0.5, 0.6) is 5.75 Å². The van der Waals surface area contributed by atoms with Gasteiger partial charge in [0, 0.05) is 11.3 Å². The Morgan fingerprint density at radius 1 is 0.897 bits per heavy atom. The molecule has 0 aromatic heterocycles. The second-order valence-electron chi connectivity index (χ2n) is 6.11. The lowest BCUT2D eigenvalue weighted by Crippen LogP contribution is -2.30. The van der Waals surface area contributed by atoms with Gasteiger partial charge in [0.1, 0.15) is 17.3 Å². The van der Waals surface area contributed by atoms with E-state index in [0.29, 0.717) is 22.6 Å². The van der Waals surface area contributed by atoms with Gasteiger partial charge in [-0.2, -0.15) is 0 Å². The number of halogens is 1. The first-order chi connectivity index (χ1) is 14.0. The van der Waals surface area contributed by atoms with Crippen molar-refractivity contribution in [2.45, 2.75) is 0 Å². The number of hydrogen-bond donors (Lipinski definition) is 2. The van der Waals surface area contributed by atoms with Crippen LogP contribution < -0.4 is 15.4 Å². The molecule has 3 rings (SSSR count). The summed E-state index contributed by atoms with van der Waals surface area (Å²) in [6.07, 6.45) is 1.55. The highest BCUT2D eigenvalue weighted by molar-refractivity contribution is 6.10. The lowest BCUT2D eigenvalue weighted by molar-refractivity contribution is -0.113. The predicted molar refractivity (Wildman–Crippen MR) is 110 cm³/mol. The van der Waals surface area contributed by atoms with E-state index in [9.17, 15) is 14.0 Å². The van der Waals surface area contributed by atoms with Gasteiger partial charge in [-0.05, 0) is 60.2 Å². The zero-order valence-corrected chi connectivity index (χ0v) is 15.7. The number of anilines is 1. The highest BCUT2D eigenvalue weighted by Gasteiger charge is 2.15. The van der Waals surface area contributed by atoms with Crippen molar-refractivity contribution in [2.24, 2.45) is 0 Å². The quantitative estimate of drug-likeness (QED) is 0.619. The van der Waals surface area contributed by atoms with Gasteiger partial charge in [-0.1, -0.05) is 30.3 Å². The number of amides is 2. The number of benzene rings is 3. The van der Waals surface area contributed by atoms with Crippen LogP contribution >= 0.6 is 0 Å². The Hall–Kier alpha value is -3.93. The number of hydrogen-bond acceptors (Lipinski definition) is 3. The van der Waals surface area contributed by atoms with Gasteiger partial charge in [-0.25, -0.2) is 4.39 Å². The second-order valence-corrected chi connectivity index (χ2v) is 6.11. The third-order valence-corrected chi connectivity index (χ3v) is 4.06. The molecule has 0 spiro atoms. The Balaban J connectivity index is 1.86. The fourth-order valence-electron chi connectivity index (χ4n) is 2.54. The van der Waals surface area contributed by atoms with Crippen molar-refractivity contribution in [1.82, 2.24) is 5.32 Å². The van der Waals surface area contributed by atoms with E-state index < -0.39 is 17.6 Å². The van der Waals surface area contributed by atoms with Crippen LogP contribution in [0.1, 0.15) is 15.9 Å². The molecule has 0 aliphatic carbocycles. The average Bonchev–Trinajstić information content (AvgIpc) is 2.76. The van der Waals surface area contributed by atoms with E-state index in [0.717, 1.165) is 0 Å². The maximum Gasteiger partial charge on any atom is 0.272 e. The molecule has 0 bridgehead atoms. The van der Waals surface area contributed by atoms with Crippen molar-refractivity contribution in [3.05, 3.63) is 102 Å². The van der Waals surface area contributed by atoms with Crippen molar-refractivity contribution in [2.75, 3.05) is 12.4 Å². The lowest BCUT2D eigenvalue weighted by atomic mass is 10.1. The fourth-order valence-corrected chi connectivity index (χ4v) is 2.54. The van der Waals surface area contributed by atoms with E-state index in [1.807, 2.05) is 0 Å². The van der Waals surface area contributed by atoms with E-state index in [1.54, 1.807) is 67.8 Å². The van der Waals surface area contributed by atoms with E-state index >= 15 is 0 Å². The summed E-state index contributed by atoms with van der Waals surface area (Å²) in [5.41, 5.74) is 1.57. The summed E-state index contributed by atoms with van der Waals surface area (Å²) >= 11 is 0. The molecule has 5 nitrogen and oxygen atoms in total. The van der Waals surface area contributed by atoms with Crippen molar-refractivity contribution in [1.29, 1.82) is 0 Å². The molecular formula is C23H19FN2O3. The van der Waals surface area contributed by atoms with E-state index in [1.165, 1.54) is 24.3 Å². The van der Waals surface area contributed by atoms with Crippen molar-refractivity contribution >= 4 is 23.6 Å². The summed E-state index contributed by atoms with van der Waals surface area (Å²) in [5.74, 6) is -0.682. The van der Waals surface area contributed by atoms with Crippen LogP contribution in [0, 0.1) is 5.82 Å². The van der Waals surface area contributed by atoms with Gasteiger partial charge < -0.3 is 15.4 Å². The maximum atomic E-state index is 13.1. The van der Waals surface area contributed by atoms with Crippen LogP contribution in [-0.4, -0.2) is 18.9 Å². The molecule has 0 radical (unpaired) electrons. The largest absolute Gasteiger partial charge is 0.497 e. The fraction of sp³-hybridized carbons (Fsp3) is 0.0435. The Morgan fingerprint density at radius 3 is 2.17 bits per heavy atom. The maximum absolute atomic E-state index is 13.1. The first-order valence-electron chi connectivity index (χ1n) is 8.84. The monoisotopic (exact) mass is 390 g/mol. The molecule has 0 aliphatic heterocycles. The SMILES string of the molecule is COc1ccc(/C=C(\NC(=O)c2ccccc2)C(=O)Nc2ccc(F)cc2)cc1. The smallest absolute Gasteiger partial charge is 0.272 e. The number of carbonyl (C=O) groups is 2. The molecular weight excluding hydrogens is 371 g/mol. The van der Waals surface area contributed by atoms with Crippen LogP contribution in [0.4, 0.5) is 10.1 Å². The van der Waals surface area contributed by atoms with E-state index in [2.05, 4.69) is 10.6 Å². The van der Waals surface area contributed by atoms with Gasteiger partial charge in [0.2, 0.25) is 0 Å². The number of methoxy groups -OCH3 is 1. The van der Waals surface area contributed by atoms with Crippen molar-refractivity contribution in [3.63, 3.8) is 0 Å². The molecule has 2 amide bonds. The molecule has 0 saturated heterocycles. The third-order valence-electron chi connectivity index (χ3n) is 4.06. The molecule has 6 heteroatoms. The van der Waals surface area contributed by atoms with Crippen LogP contribution in [0.25, 0.3) is 6.08 Å². The van der Waals surface area contributed by atoms with Gasteiger partial charge >= 0.3 is 0 Å². The highest BCUT2D eigenvalue weighted by atomic mass is 19.1. The molecule has 0 heterocycles. The van der Waals surface area contributed by atoms with Crippen LogP contribution in [0.3, 0.4) is 0 Å². The first kappa shape index (κ1) is 19.8. The zero-order valence-electron chi connectivity index (χ0n) is 15.7. The van der Waals surface area contributed by atoms with Gasteiger partial charge in [0.05, 0.1) is 7.11 Å². The Morgan fingerprint density at radius 2 is 1.55 bits per heavy atom. The Labute approximate surface area is 167 Å². The number of nitrogens with one attached hydrogen (secondary N) is 2. The normalized spacial score (nSPS) is 10.9. The zero-order chi connectivity index (χ0) is 20.6. The predicted octanol–water partition coefficient (Wildman–Crippen LogP) is 4.24. The van der Waals surface area contributed by atoms with Gasteiger partial charge in [-0.3, -0.25) is 9.59 Å². The summed E-state index contributed by atoms with van der Waals surface area (Å²) in [5, 5.41) is 5.30. The minimum absolute atomic E-state index is 0.0494. The molecule has 0 unspecified atom stereocenters. The Bertz CT molecular complexity index is 1010. The minimum atomic E-state index is -0.531. The summed E-state index contributed by atoms with van der Waals surface area (Å²) in [4.78, 5) is 25.3. The number of rotatable bonds is 6. The molecule has 0 fully saturated rings. The summed E-state index contributed by atoms with van der Waals surface area (Å²) < 4.78 is 18.2. The minimum Gasteiger partial charge on any atom is -0.497 e. The molecule has 2 N–H and O–H groups in total. The van der Waals surface area contributed by atoms with Gasteiger partial charge in [-0.15, -0.1) is 0 Å². The van der Waals surface area contributed by atoms with Crippen LogP contribution in [0.2, 0.25) is 0 Å². The summed E-state index contributed by atoms with van der Waals surface area (Å²) in [6, 6.07) is 21.0. The number of carbonyl (C=O) groups excluding carboxylic acids is 2. The highest BCUT2D eigenvalue weighted by Crippen LogP contribution is 2.15.